The van der Waals surface area contributed by atoms with E-state index in [9.17, 15) is 4.79 Å². The van der Waals surface area contributed by atoms with Crippen LogP contribution in [-0.4, -0.2) is 19.2 Å². The molecule has 2 rings (SSSR count). The van der Waals surface area contributed by atoms with Crippen LogP contribution in [0.4, 0.5) is 0 Å². The first-order chi connectivity index (χ1) is 7.79. The van der Waals surface area contributed by atoms with Gasteiger partial charge in [0.05, 0.1) is 6.61 Å². The molecule has 0 amide bonds. The summed E-state index contributed by atoms with van der Waals surface area (Å²) in [4.78, 5) is 11.1. The van der Waals surface area contributed by atoms with Crippen molar-refractivity contribution in [1.82, 2.24) is 0 Å². The topological polar surface area (TPSA) is 44.8 Å². The van der Waals surface area contributed by atoms with Crippen molar-refractivity contribution in [2.75, 3.05) is 13.4 Å². The van der Waals surface area contributed by atoms with Crippen LogP contribution in [-0.2, 0) is 4.79 Å². The summed E-state index contributed by atoms with van der Waals surface area (Å²) in [5, 5.41) is 0. The molecule has 1 aliphatic rings. The number of benzene rings is 1. The van der Waals surface area contributed by atoms with Gasteiger partial charge in [0.2, 0.25) is 6.79 Å². The normalized spacial score (nSPS) is 12.6. The molecule has 0 fully saturated rings. The van der Waals surface area contributed by atoms with Crippen LogP contribution in [0.25, 0.3) is 0 Å². The highest BCUT2D eigenvalue weighted by molar-refractivity contribution is 5.78. The highest BCUT2D eigenvalue weighted by Crippen LogP contribution is 2.35. The fourth-order valence-electron chi connectivity index (χ4n) is 1.43. The van der Waals surface area contributed by atoms with Crippen molar-refractivity contribution in [3.05, 3.63) is 18.2 Å². The van der Waals surface area contributed by atoms with Crippen LogP contribution in [0, 0.1) is 0 Å². The number of ketones is 1. The summed E-state index contributed by atoms with van der Waals surface area (Å²) in [7, 11) is 0. The summed E-state index contributed by atoms with van der Waals surface area (Å²) in [6.07, 6.45) is 1.01. The molecule has 0 unspecified atom stereocenters. The predicted octanol–water partition coefficient (Wildman–Crippen LogP) is 2.16. The third kappa shape index (κ3) is 2.45. The number of hydrogen-bond acceptors (Lipinski definition) is 4. The van der Waals surface area contributed by atoms with Gasteiger partial charge in [-0.25, -0.2) is 0 Å². The second kappa shape index (κ2) is 4.88. The second-order valence-electron chi connectivity index (χ2n) is 3.51. The van der Waals surface area contributed by atoms with Crippen LogP contribution >= 0.6 is 0 Å². The fraction of sp³-hybridized carbons (Fsp3) is 0.417. The van der Waals surface area contributed by atoms with Crippen molar-refractivity contribution in [2.24, 2.45) is 0 Å². The van der Waals surface area contributed by atoms with Gasteiger partial charge in [0.25, 0.3) is 0 Å². The lowest BCUT2D eigenvalue weighted by molar-refractivity contribution is -0.119. The quantitative estimate of drug-likeness (QED) is 0.765. The lowest BCUT2D eigenvalue weighted by atomic mass is 10.2. The molecule has 16 heavy (non-hydrogen) atoms. The highest BCUT2D eigenvalue weighted by atomic mass is 16.7. The molecule has 1 aromatic rings. The molecule has 0 atom stereocenters. The zero-order valence-corrected chi connectivity index (χ0v) is 9.19. The van der Waals surface area contributed by atoms with Crippen LogP contribution < -0.4 is 14.2 Å². The van der Waals surface area contributed by atoms with Gasteiger partial charge in [-0.1, -0.05) is 6.92 Å². The Bertz CT molecular complexity index is 387. The van der Waals surface area contributed by atoms with Crippen LogP contribution in [0.5, 0.6) is 17.2 Å². The Morgan fingerprint density at radius 3 is 3.00 bits per heavy atom. The number of Topliss-reactive ketones (excluding diaryl/α,β-unsaturated/α-hetero) is 1. The Kier molecular flexibility index (Phi) is 3.29. The first-order valence-corrected chi connectivity index (χ1v) is 5.33. The van der Waals surface area contributed by atoms with E-state index in [2.05, 4.69) is 0 Å². The molecule has 4 nitrogen and oxygen atoms in total. The van der Waals surface area contributed by atoms with Crippen molar-refractivity contribution >= 4 is 5.78 Å². The summed E-state index contributed by atoms with van der Waals surface area (Å²) in [5.41, 5.74) is 0. The zero-order chi connectivity index (χ0) is 11.4. The molecule has 0 aliphatic carbocycles. The molecule has 86 valence electrons. The Labute approximate surface area is 94.1 Å². The Morgan fingerprint density at radius 2 is 2.19 bits per heavy atom. The van der Waals surface area contributed by atoms with E-state index in [0.717, 1.165) is 5.75 Å². The molecule has 1 aromatic carbocycles. The molecule has 0 saturated carbocycles. The SMILES string of the molecule is CCC(=O)CCOc1ccc2c(c1)OCO2. The maximum Gasteiger partial charge on any atom is 0.231 e. The predicted molar refractivity (Wildman–Crippen MR) is 58.0 cm³/mol. The maximum absolute atomic E-state index is 11.1. The van der Waals surface area contributed by atoms with Gasteiger partial charge in [-0.2, -0.15) is 0 Å². The molecule has 0 bridgehead atoms. The molecule has 1 aliphatic heterocycles. The van der Waals surface area contributed by atoms with E-state index in [1.54, 1.807) is 12.1 Å². The van der Waals surface area contributed by atoms with E-state index in [-0.39, 0.29) is 12.6 Å². The molecular weight excluding hydrogens is 208 g/mol. The summed E-state index contributed by atoms with van der Waals surface area (Å²) in [5.74, 6) is 2.34. The van der Waals surface area contributed by atoms with Crippen LogP contribution in [0.3, 0.4) is 0 Å². The van der Waals surface area contributed by atoms with Gasteiger partial charge in [0.1, 0.15) is 11.5 Å². The van der Waals surface area contributed by atoms with Gasteiger partial charge in [0, 0.05) is 18.9 Å². The number of carbonyl (C=O) groups is 1. The molecule has 0 spiro atoms. The second-order valence-corrected chi connectivity index (χ2v) is 3.51. The Morgan fingerprint density at radius 1 is 1.38 bits per heavy atom. The first kappa shape index (κ1) is 10.8. The van der Waals surface area contributed by atoms with Gasteiger partial charge >= 0.3 is 0 Å². The number of rotatable bonds is 5. The third-order valence-electron chi connectivity index (χ3n) is 2.39. The standard InChI is InChI=1S/C12H14O4/c1-2-9(13)5-6-14-10-3-4-11-12(7-10)16-8-15-11/h3-4,7H,2,5-6,8H2,1H3. The van der Waals surface area contributed by atoms with E-state index in [1.807, 2.05) is 13.0 Å². The largest absolute Gasteiger partial charge is 0.493 e. The lowest BCUT2D eigenvalue weighted by Crippen LogP contribution is -2.04. The number of ether oxygens (including phenoxy) is 3. The minimum atomic E-state index is 0.209. The number of carbonyl (C=O) groups excluding carboxylic acids is 1. The van der Waals surface area contributed by atoms with Crippen LogP contribution in [0.15, 0.2) is 18.2 Å². The molecule has 4 heteroatoms. The maximum atomic E-state index is 11.1. The highest BCUT2D eigenvalue weighted by Gasteiger charge is 2.13. The monoisotopic (exact) mass is 222 g/mol. The van der Waals surface area contributed by atoms with Gasteiger partial charge in [-0.3, -0.25) is 4.79 Å². The average molecular weight is 222 g/mol. The van der Waals surface area contributed by atoms with Crippen molar-refractivity contribution < 1.29 is 19.0 Å². The van der Waals surface area contributed by atoms with Gasteiger partial charge < -0.3 is 14.2 Å². The van der Waals surface area contributed by atoms with Crippen molar-refractivity contribution in [3.63, 3.8) is 0 Å². The molecule has 0 saturated heterocycles. The smallest absolute Gasteiger partial charge is 0.231 e. The van der Waals surface area contributed by atoms with E-state index in [4.69, 9.17) is 14.2 Å². The minimum absolute atomic E-state index is 0.209. The van der Waals surface area contributed by atoms with Crippen molar-refractivity contribution in [1.29, 1.82) is 0 Å². The van der Waals surface area contributed by atoms with Crippen molar-refractivity contribution in [2.45, 2.75) is 19.8 Å². The summed E-state index contributed by atoms with van der Waals surface area (Å²) >= 11 is 0. The fourth-order valence-corrected chi connectivity index (χ4v) is 1.43. The van der Waals surface area contributed by atoms with Crippen LogP contribution in [0.1, 0.15) is 19.8 Å². The third-order valence-corrected chi connectivity index (χ3v) is 2.39. The summed E-state index contributed by atoms with van der Waals surface area (Å²) in [6, 6.07) is 5.39. The Hall–Kier alpha value is -1.71. The summed E-state index contributed by atoms with van der Waals surface area (Å²) in [6.45, 7) is 2.52. The molecule has 1 heterocycles. The number of hydrogen-bond donors (Lipinski definition) is 0. The lowest BCUT2D eigenvalue weighted by Gasteiger charge is -2.05. The molecule has 0 N–H and O–H groups in total. The van der Waals surface area contributed by atoms with Gasteiger partial charge in [0.15, 0.2) is 11.5 Å². The van der Waals surface area contributed by atoms with E-state index in [0.29, 0.717) is 30.9 Å². The molecular formula is C12H14O4. The van der Waals surface area contributed by atoms with Crippen LogP contribution in [0.2, 0.25) is 0 Å². The van der Waals surface area contributed by atoms with E-state index >= 15 is 0 Å². The molecule has 0 radical (unpaired) electrons. The minimum Gasteiger partial charge on any atom is -0.493 e. The van der Waals surface area contributed by atoms with E-state index in [1.165, 1.54) is 0 Å². The van der Waals surface area contributed by atoms with E-state index < -0.39 is 0 Å². The van der Waals surface area contributed by atoms with Crippen molar-refractivity contribution in [3.8, 4) is 17.2 Å². The van der Waals surface area contributed by atoms with Gasteiger partial charge in [-0.05, 0) is 12.1 Å². The Balaban J connectivity index is 1.88. The zero-order valence-electron chi connectivity index (χ0n) is 9.19. The average Bonchev–Trinajstić information content (AvgIpc) is 2.76. The molecule has 0 aromatic heterocycles. The number of fused-ring (bicyclic) bond motifs is 1. The first-order valence-electron chi connectivity index (χ1n) is 5.33. The van der Waals surface area contributed by atoms with Gasteiger partial charge in [-0.15, -0.1) is 0 Å². The summed E-state index contributed by atoms with van der Waals surface area (Å²) < 4.78 is 15.8.